The third kappa shape index (κ3) is 3.70. The van der Waals surface area contributed by atoms with Gasteiger partial charge in [-0.05, 0) is 6.92 Å². The molecule has 3 N–H and O–H groups in total. The zero-order chi connectivity index (χ0) is 12.1. The molecule has 7 heteroatoms. The SMILES string of the molecule is C[C@H](O)CNC(=O)Cn1ccc(=O)[nH]c1=O. The summed E-state index contributed by atoms with van der Waals surface area (Å²) >= 11 is 0. The van der Waals surface area contributed by atoms with Crippen molar-refractivity contribution in [3.8, 4) is 0 Å². The monoisotopic (exact) mass is 227 g/mol. The maximum atomic E-state index is 11.3. The zero-order valence-corrected chi connectivity index (χ0v) is 8.77. The van der Waals surface area contributed by atoms with E-state index in [1.54, 1.807) is 0 Å². The fourth-order valence-electron chi connectivity index (χ4n) is 1.04. The number of nitrogens with zero attached hydrogens (tertiary/aromatic N) is 1. The Bertz CT molecular complexity index is 474. The standard InChI is InChI=1S/C9H13N3O4/c1-6(13)4-10-8(15)5-12-3-2-7(14)11-9(12)16/h2-3,6,13H,4-5H2,1H3,(H,10,15)(H,11,14,16)/t6-/m0/s1. The average Bonchev–Trinajstić information content (AvgIpc) is 2.19. The summed E-state index contributed by atoms with van der Waals surface area (Å²) < 4.78 is 1.07. The van der Waals surface area contributed by atoms with Crippen LogP contribution in [0.1, 0.15) is 6.92 Å². The Labute approximate surface area is 90.7 Å². The number of aromatic amines is 1. The number of H-pyrrole nitrogens is 1. The van der Waals surface area contributed by atoms with Crippen molar-refractivity contribution in [2.75, 3.05) is 6.54 Å². The number of aliphatic hydroxyl groups is 1. The lowest BCUT2D eigenvalue weighted by atomic mass is 10.4. The van der Waals surface area contributed by atoms with Crippen LogP contribution in [0.4, 0.5) is 0 Å². The highest BCUT2D eigenvalue weighted by atomic mass is 16.3. The highest BCUT2D eigenvalue weighted by Gasteiger charge is 2.05. The summed E-state index contributed by atoms with van der Waals surface area (Å²) in [7, 11) is 0. The minimum atomic E-state index is -0.642. The first-order chi connectivity index (χ1) is 7.49. The molecule has 0 aliphatic carbocycles. The van der Waals surface area contributed by atoms with E-state index in [2.05, 4.69) is 5.32 Å². The van der Waals surface area contributed by atoms with Gasteiger partial charge in [0.05, 0.1) is 6.10 Å². The van der Waals surface area contributed by atoms with Gasteiger partial charge in [-0.2, -0.15) is 0 Å². The molecule has 16 heavy (non-hydrogen) atoms. The molecule has 0 saturated carbocycles. The summed E-state index contributed by atoms with van der Waals surface area (Å²) in [6, 6.07) is 1.16. The van der Waals surface area contributed by atoms with Gasteiger partial charge in [-0.25, -0.2) is 4.79 Å². The van der Waals surface area contributed by atoms with Gasteiger partial charge in [0.2, 0.25) is 5.91 Å². The Morgan fingerprint density at radius 1 is 1.62 bits per heavy atom. The maximum absolute atomic E-state index is 11.3. The van der Waals surface area contributed by atoms with E-state index in [1.807, 2.05) is 4.98 Å². The van der Waals surface area contributed by atoms with Gasteiger partial charge in [0, 0.05) is 18.8 Å². The highest BCUT2D eigenvalue weighted by Crippen LogP contribution is 1.80. The van der Waals surface area contributed by atoms with Crippen LogP contribution in [0.15, 0.2) is 21.9 Å². The van der Waals surface area contributed by atoms with Crippen molar-refractivity contribution in [3.63, 3.8) is 0 Å². The molecule has 0 saturated heterocycles. The van der Waals surface area contributed by atoms with Gasteiger partial charge in [-0.15, -0.1) is 0 Å². The van der Waals surface area contributed by atoms with Crippen molar-refractivity contribution in [1.82, 2.24) is 14.9 Å². The molecular formula is C9H13N3O4. The number of hydrogen-bond donors (Lipinski definition) is 3. The van der Waals surface area contributed by atoms with Crippen LogP contribution in [-0.2, 0) is 11.3 Å². The summed E-state index contributed by atoms with van der Waals surface area (Å²) in [5.74, 6) is -0.407. The second kappa shape index (κ2) is 5.26. The summed E-state index contributed by atoms with van der Waals surface area (Å²) in [6.45, 7) is 1.46. The molecule has 1 aromatic rings. The molecule has 0 aromatic carbocycles. The van der Waals surface area contributed by atoms with Gasteiger partial charge in [-0.1, -0.05) is 0 Å². The number of amides is 1. The van der Waals surface area contributed by atoms with E-state index in [0.717, 1.165) is 10.6 Å². The minimum absolute atomic E-state index is 0.122. The molecule has 1 rings (SSSR count). The minimum Gasteiger partial charge on any atom is -0.392 e. The lowest BCUT2D eigenvalue weighted by Gasteiger charge is -2.07. The Morgan fingerprint density at radius 3 is 2.88 bits per heavy atom. The van der Waals surface area contributed by atoms with Gasteiger partial charge < -0.3 is 10.4 Å². The predicted octanol–water partition coefficient (Wildman–Crippen LogP) is -1.97. The van der Waals surface area contributed by atoms with E-state index < -0.39 is 23.3 Å². The fraction of sp³-hybridized carbons (Fsp3) is 0.444. The highest BCUT2D eigenvalue weighted by molar-refractivity contribution is 5.75. The van der Waals surface area contributed by atoms with Crippen molar-refractivity contribution in [3.05, 3.63) is 33.1 Å². The quantitative estimate of drug-likeness (QED) is 0.555. The Hall–Kier alpha value is -1.89. The maximum Gasteiger partial charge on any atom is 0.328 e. The van der Waals surface area contributed by atoms with Crippen molar-refractivity contribution in [2.45, 2.75) is 19.6 Å². The first-order valence-corrected chi connectivity index (χ1v) is 4.73. The molecule has 0 aliphatic heterocycles. The lowest BCUT2D eigenvalue weighted by molar-refractivity contribution is -0.122. The van der Waals surface area contributed by atoms with Gasteiger partial charge in [0.15, 0.2) is 0 Å². The first-order valence-electron chi connectivity index (χ1n) is 4.73. The molecule has 0 unspecified atom stereocenters. The van der Waals surface area contributed by atoms with Gasteiger partial charge in [-0.3, -0.25) is 19.1 Å². The summed E-state index contributed by atoms with van der Waals surface area (Å²) in [6.07, 6.45) is 0.597. The molecule has 1 aromatic heterocycles. The van der Waals surface area contributed by atoms with E-state index in [0.29, 0.717) is 0 Å². The topological polar surface area (TPSA) is 104 Å². The summed E-state index contributed by atoms with van der Waals surface area (Å²) in [5, 5.41) is 11.4. The Balaban J connectivity index is 2.63. The van der Waals surface area contributed by atoms with Crippen LogP contribution in [0.2, 0.25) is 0 Å². The molecule has 7 nitrogen and oxygen atoms in total. The molecule has 88 valence electrons. The Morgan fingerprint density at radius 2 is 2.31 bits per heavy atom. The number of carbonyl (C=O) groups is 1. The fourth-order valence-corrected chi connectivity index (χ4v) is 1.04. The predicted molar refractivity (Wildman–Crippen MR) is 56.0 cm³/mol. The van der Waals surface area contributed by atoms with Crippen molar-refractivity contribution in [1.29, 1.82) is 0 Å². The molecule has 0 spiro atoms. The van der Waals surface area contributed by atoms with Crippen LogP contribution in [-0.4, -0.2) is 33.2 Å². The molecule has 1 atom stereocenters. The van der Waals surface area contributed by atoms with Crippen LogP contribution >= 0.6 is 0 Å². The third-order valence-electron chi connectivity index (χ3n) is 1.81. The zero-order valence-electron chi connectivity index (χ0n) is 8.77. The molecule has 0 bridgehead atoms. The number of nitrogens with one attached hydrogen (secondary N) is 2. The van der Waals surface area contributed by atoms with Crippen molar-refractivity contribution >= 4 is 5.91 Å². The number of rotatable bonds is 4. The number of aliphatic hydroxyl groups excluding tert-OH is 1. The van der Waals surface area contributed by atoms with E-state index >= 15 is 0 Å². The first kappa shape index (κ1) is 12.2. The van der Waals surface area contributed by atoms with Crippen molar-refractivity contribution in [2.24, 2.45) is 0 Å². The number of aromatic nitrogens is 2. The van der Waals surface area contributed by atoms with Crippen LogP contribution < -0.4 is 16.6 Å². The average molecular weight is 227 g/mol. The summed E-state index contributed by atoms with van der Waals surface area (Å²) in [5.41, 5.74) is -1.15. The van der Waals surface area contributed by atoms with Gasteiger partial charge in [0.1, 0.15) is 6.54 Å². The van der Waals surface area contributed by atoms with Gasteiger partial charge in [0.25, 0.3) is 5.56 Å². The van der Waals surface area contributed by atoms with Crippen LogP contribution in [0, 0.1) is 0 Å². The lowest BCUT2D eigenvalue weighted by Crippen LogP contribution is -2.37. The van der Waals surface area contributed by atoms with Crippen LogP contribution in [0.5, 0.6) is 0 Å². The number of hydrogen-bond acceptors (Lipinski definition) is 4. The summed E-state index contributed by atoms with van der Waals surface area (Å²) in [4.78, 5) is 35.2. The van der Waals surface area contributed by atoms with Crippen molar-refractivity contribution < 1.29 is 9.90 Å². The largest absolute Gasteiger partial charge is 0.392 e. The second-order valence-electron chi connectivity index (χ2n) is 3.39. The molecule has 1 heterocycles. The molecule has 0 fully saturated rings. The normalized spacial score (nSPS) is 12.1. The van der Waals surface area contributed by atoms with Crippen LogP contribution in [0.25, 0.3) is 0 Å². The van der Waals surface area contributed by atoms with E-state index in [9.17, 15) is 14.4 Å². The van der Waals surface area contributed by atoms with E-state index in [1.165, 1.54) is 13.1 Å². The molecule has 0 aliphatic rings. The third-order valence-corrected chi connectivity index (χ3v) is 1.81. The van der Waals surface area contributed by atoms with Crippen LogP contribution in [0.3, 0.4) is 0 Å². The molecular weight excluding hydrogens is 214 g/mol. The van der Waals surface area contributed by atoms with E-state index in [4.69, 9.17) is 5.11 Å². The second-order valence-corrected chi connectivity index (χ2v) is 3.39. The Kier molecular flexibility index (Phi) is 4.01. The smallest absolute Gasteiger partial charge is 0.328 e. The van der Waals surface area contributed by atoms with Gasteiger partial charge >= 0.3 is 5.69 Å². The van der Waals surface area contributed by atoms with E-state index in [-0.39, 0.29) is 13.1 Å². The molecule has 0 radical (unpaired) electrons. The number of carbonyl (C=O) groups excluding carboxylic acids is 1. The molecule has 1 amide bonds.